The molecule has 0 saturated carbocycles. The zero-order valence-electron chi connectivity index (χ0n) is 37.0. The number of phenolic OH excluding ortho intramolecular Hbond substituents is 3. The highest BCUT2D eigenvalue weighted by Crippen LogP contribution is 2.41. The van der Waals surface area contributed by atoms with Crippen molar-refractivity contribution in [3.05, 3.63) is 101 Å². The number of terminal acetylenes is 1. The largest absolute Gasteiger partial charge is 0.508 e. The van der Waals surface area contributed by atoms with Gasteiger partial charge >= 0.3 is 12.2 Å². The van der Waals surface area contributed by atoms with Gasteiger partial charge in [0.25, 0.3) is 5.91 Å². The Kier molecular flexibility index (Phi) is 11.4. The van der Waals surface area contributed by atoms with Crippen molar-refractivity contribution in [3.63, 3.8) is 0 Å². The molecule has 0 radical (unpaired) electrons. The monoisotopic (exact) mass is 946 g/mol. The standard InChI is InChI=1S/C49H43F5N10O5/c1-4-32-37(50)12-7-26-13-30(65)14-35(40(26)32)42-41(51)43-36(17-55-42)44(63-19-27-8-9-28(20-63)57-27)59-48(58-43)69-31-21-62(22-31)18-25-5-10-29(11-6-25)64-45(34-15-33(24(2)3)38(66)16-39(34)67)60-61-46(64)47(68)56-23-49(52,53)54/h1,5-7,10-17,24,27-28,31,57,65-67H,8-9,18-23H2,2-3H3,(H,56,68). The van der Waals surface area contributed by atoms with Crippen molar-refractivity contribution >= 4 is 33.4 Å². The fourth-order valence-electron chi connectivity index (χ4n) is 9.46. The summed E-state index contributed by atoms with van der Waals surface area (Å²) in [5, 5.41) is 46.4. The van der Waals surface area contributed by atoms with E-state index in [1.54, 1.807) is 24.3 Å². The summed E-state index contributed by atoms with van der Waals surface area (Å²) in [5.41, 5.74) is 1.42. The first-order valence-electron chi connectivity index (χ1n) is 22.2. The molecule has 6 heterocycles. The van der Waals surface area contributed by atoms with E-state index in [1.165, 1.54) is 41.1 Å². The number of nitrogens with zero attached hydrogens (tertiary/aromatic N) is 8. The SMILES string of the molecule is C#Cc1c(F)ccc2cc(O)cc(-c3ncc4c(N5CC6CCC(C5)N6)nc(OC5CN(Cc6ccc(-n7c(C(=O)NCC(F)(F)F)nnc7-c7cc(C(C)C)c(O)cc7O)cc6)C5)nc4c3F)c12. The summed E-state index contributed by atoms with van der Waals surface area (Å²) in [5.74, 6) is -1.27. The molecule has 2 unspecified atom stereocenters. The number of ether oxygens (including phenoxy) is 1. The number of aromatic hydroxyl groups is 3. The highest BCUT2D eigenvalue weighted by Gasteiger charge is 2.36. The van der Waals surface area contributed by atoms with Crippen molar-refractivity contribution in [2.75, 3.05) is 37.6 Å². The van der Waals surface area contributed by atoms with Crippen molar-refractivity contribution < 1.29 is 46.8 Å². The molecule has 2 bridgehead atoms. The Morgan fingerprint density at radius 2 is 1.68 bits per heavy atom. The van der Waals surface area contributed by atoms with Gasteiger partial charge in [-0.15, -0.1) is 16.6 Å². The first-order chi connectivity index (χ1) is 33.0. The summed E-state index contributed by atoms with van der Waals surface area (Å²) >= 11 is 0. The molecule has 1 amide bonds. The first kappa shape index (κ1) is 45.2. The summed E-state index contributed by atoms with van der Waals surface area (Å²) in [4.78, 5) is 31.2. The number of likely N-dealkylation sites (tertiary alicyclic amines) is 1. The molecule has 3 aliphatic rings. The van der Waals surface area contributed by atoms with E-state index < -0.39 is 36.1 Å². The van der Waals surface area contributed by atoms with Crippen molar-refractivity contribution in [3.8, 4) is 63.9 Å². The molecular formula is C49H43F5N10O5. The maximum atomic E-state index is 17.1. The Bertz CT molecular complexity index is 3210. The van der Waals surface area contributed by atoms with Crippen molar-refractivity contribution in [1.82, 2.24) is 45.2 Å². The van der Waals surface area contributed by atoms with Gasteiger partial charge in [0.05, 0.1) is 16.5 Å². The normalized spacial score (nSPS) is 17.4. The molecule has 3 fully saturated rings. The molecule has 7 aromatic rings. The predicted octanol–water partition coefficient (Wildman–Crippen LogP) is 7.09. The van der Waals surface area contributed by atoms with Crippen LogP contribution in [0.1, 0.15) is 59.9 Å². The molecule has 3 aromatic heterocycles. The molecule has 3 aliphatic heterocycles. The minimum Gasteiger partial charge on any atom is -0.508 e. The molecule has 10 rings (SSSR count). The van der Waals surface area contributed by atoms with E-state index >= 15 is 8.78 Å². The van der Waals surface area contributed by atoms with E-state index in [9.17, 15) is 33.3 Å². The van der Waals surface area contributed by atoms with E-state index in [1.807, 2.05) is 19.2 Å². The van der Waals surface area contributed by atoms with Gasteiger partial charge in [0, 0.05) is 73.7 Å². The number of carbonyl (C=O) groups is 1. The third-order valence-corrected chi connectivity index (χ3v) is 12.7. The van der Waals surface area contributed by atoms with Crippen LogP contribution in [0.25, 0.3) is 50.0 Å². The second kappa shape index (κ2) is 17.5. The first-order valence-corrected chi connectivity index (χ1v) is 22.2. The number of anilines is 1. The number of hydrogen-bond donors (Lipinski definition) is 5. The van der Waals surface area contributed by atoms with Crippen molar-refractivity contribution in [2.45, 2.75) is 63.5 Å². The number of benzene rings is 4. The van der Waals surface area contributed by atoms with E-state index in [0.717, 1.165) is 24.5 Å². The third-order valence-electron chi connectivity index (χ3n) is 12.7. The number of pyridine rings is 1. The third kappa shape index (κ3) is 8.63. The predicted molar refractivity (Wildman–Crippen MR) is 244 cm³/mol. The van der Waals surface area contributed by atoms with Crippen molar-refractivity contribution in [1.29, 1.82) is 0 Å². The molecule has 69 heavy (non-hydrogen) atoms. The van der Waals surface area contributed by atoms with Gasteiger partial charge in [-0.3, -0.25) is 19.2 Å². The summed E-state index contributed by atoms with van der Waals surface area (Å²) in [6.45, 7) is 4.60. The average molecular weight is 947 g/mol. The molecule has 2 atom stereocenters. The van der Waals surface area contributed by atoms with Crippen LogP contribution in [0.2, 0.25) is 0 Å². The maximum absolute atomic E-state index is 17.1. The van der Waals surface area contributed by atoms with Gasteiger partial charge in [0.1, 0.15) is 52.7 Å². The van der Waals surface area contributed by atoms with Gasteiger partial charge in [-0.1, -0.05) is 38.0 Å². The second-order valence-electron chi connectivity index (χ2n) is 17.9. The number of halogens is 5. The number of amides is 1. The second-order valence-corrected chi connectivity index (χ2v) is 17.9. The summed E-state index contributed by atoms with van der Waals surface area (Å²) in [7, 11) is 0. The lowest BCUT2D eigenvalue weighted by Gasteiger charge is -2.38. The topological polar surface area (TPSA) is 187 Å². The molecule has 354 valence electrons. The lowest BCUT2D eigenvalue weighted by molar-refractivity contribution is -0.123. The molecule has 5 N–H and O–H groups in total. The van der Waals surface area contributed by atoms with Gasteiger partial charge in [-0.25, -0.2) is 8.78 Å². The van der Waals surface area contributed by atoms with Crippen molar-refractivity contribution in [2.24, 2.45) is 0 Å². The molecule has 4 aromatic carbocycles. The Morgan fingerprint density at radius 3 is 2.38 bits per heavy atom. The zero-order valence-corrected chi connectivity index (χ0v) is 37.0. The van der Waals surface area contributed by atoms with Crippen LogP contribution < -0.4 is 20.3 Å². The lowest BCUT2D eigenvalue weighted by Crippen LogP contribution is -2.53. The summed E-state index contributed by atoms with van der Waals surface area (Å²) < 4.78 is 79.0. The van der Waals surface area contributed by atoms with Gasteiger partial charge in [-0.2, -0.15) is 23.1 Å². The zero-order chi connectivity index (χ0) is 48.5. The number of piperazine rings is 1. The van der Waals surface area contributed by atoms with E-state index in [4.69, 9.17) is 16.1 Å². The van der Waals surface area contributed by atoms with Crippen LogP contribution >= 0.6 is 0 Å². The number of aromatic nitrogens is 6. The quantitative estimate of drug-likeness (QED) is 0.0655. The molecule has 20 heteroatoms. The number of hydrogen-bond acceptors (Lipinski definition) is 13. The highest BCUT2D eigenvalue weighted by molar-refractivity contribution is 6.03. The summed E-state index contributed by atoms with van der Waals surface area (Å²) in [6, 6.07) is 15.2. The van der Waals surface area contributed by atoms with Gasteiger partial charge in [0.2, 0.25) is 5.82 Å². The summed E-state index contributed by atoms with van der Waals surface area (Å²) in [6.07, 6.45) is 4.09. The van der Waals surface area contributed by atoms with Gasteiger partial charge in [0.15, 0.2) is 11.6 Å². The Hall–Kier alpha value is -7.63. The fourth-order valence-corrected chi connectivity index (χ4v) is 9.46. The minimum atomic E-state index is -4.69. The number of carbonyl (C=O) groups excluding carboxylic acids is 1. The van der Waals surface area contributed by atoms with Crippen LogP contribution in [0.4, 0.5) is 27.8 Å². The lowest BCUT2D eigenvalue weighted by atomic mass is 9.96. The molecule has 0 spiro atoms. The Balaban J connectivity index is 0.915. The van der Waals surface area contributed by atoms with Crippen LogP contribution in [0.5, 0.6) is 23.3 Å². The fraction of sp³-hybridized carbons (Fsp3) is 0.306. The van der Waals surface area contributed by atoms with E-state index in [-0.39, 0.29) is 86.5 Å². The van der Waals surface area contributed by atoms with E-state index in [0.29, 0.717) is 60.6 Å². The van der Waals surface area contributed by atoms with Gasteiger partial charge in [-0.05, 0) is 71.7 Å². The number of rotatable bonds is 11. The Morgan fingerprint density at radius 1 is 0.942 bits per heavy atom. The number of fused-ring (bicyclic) bond motifs is 4. The number of alkyl halides is 3. The van der Waals surface area contributed by atoms with Crippen LogP contribution in [0, 0.1) is 24.0 Å². The Labute approximate surface area is 390 Å². The maximum Gasteiger partial charge on any atom is 0.405 e. The molecule has 0 aliphatic carbocycles. The molecule has 15 nitrogen and oxygen atoms in total. The van der Waals surface area contributed by atoms with Crippen LogP contribution in [0.3, 0.4) is 0 Å². The number of phenols is 3. The average Bonchev–Trinajstić information content (AvgIpc) is 3.89. The highest BCUT2D eigenvalue weighted by atomic mass is 19.4. The van der Waals surface area contributed by atoms with Crippen LogP contribution in [-0.4, -0.2) is 113 Å². The number of nitrogens with one attached hydrogen (secondary N) is 2. The molecule has 3 saturated heterocycles. The smallest absolute Gasteiger partial charge is 0.405 e. The minimum absolute atomic E-state index is 0.0425. The van der Waals surface area contributed by atoms with Crippen LogP contribution in [-0.2, 0) is 6.54 Å². The molecular weight excluding hydrogens is 904 g/mol. The van der Waals surface area contributed by atoms with Crippen LogP contribution in [0.15, 0.2) is 66.9 Å². The van der Waals surface area contributed by atoms with Gasteiger partial charge < -0.3 is 35.6 Å². The van der Waals surface area contributed by atoms with E-state index in [2.05, 4.69) is 41.2 Å².